The molecule has 0 N–H and O–H groups in total. The topological polar surface area (TPSA) is 121 Å². The van der Waals surface area contributed by atoms with Crippen molar-refractivity contribution < 1.29 is 28.6 Å². The van der Waals surface area contributed by atoms with Crippen molar-refractivity contribution in [3.63, 3.8) is 0 Å². The third kappa shape index (κ3) is 6.03. The normalized spacial score (nSPS) is 35.9. The fourth-order valence-electron chi connectivity index (χ4n) is 9.13. The van der Waals surface area contributed by atoms with Crippen LogP contribution in [0, 0.1) is 58.2 Å². The highest BCUT2D eigenvalue weighted by molar-refractivity contribution is 5.82. The molecule has 0 radical (unpaired) electrons. The lowest BCUT2D eigenvalue weighted by Crippen LogP contribution is -2.51. The second-order valence-corrected chi connectivity index (χ2v) is 13.8. The summed E-state index contributed by atoms with van der Waals surface area (Å²) in [6.07, 6.45) is 11.9. The van der Waals surface area contributed by atoms with E-state index >= 15 is 0 Å². The molecule has 5 rings (SSSR count). The first-order valence-corrected chi connectivity index (χ1v) is 15.5. The number of nitriles is 1. The molecule has 0 bridgehead atoms. The number of ketones is 1. The van der Waals surface area contributed by atoms with E-state index < -0.39 is 11.8 Å². The van der Waals surface area contributed by atoms with Crippen LogP contribution in [0.4, 0.5) is 4.79 Å². The SMILES string of the molecule is CC(C)C(=O)OCCOC(=O)O[C@]1(C)CCC2[C@H](CCC3[C@@H]2CC[C@]2(C)[C@@H](C(=O)Cn4cc(C#N)cn4)CC[C@@H]32)C1. The minimum absolute atomic E-state index is 0.00428. The van der Waals surface area contributed by atoms with Crippen molar-refractivity contribution in [1.82, 2.24) is 9.78 Å². The zero-order chi connectivity index (χ0) is 29.4. The van der Waals surface area contributed by atoms with E-state index in [9.17, 15) is 14.4 Å². The van der Waals surface area contributed by atoms with Crippen molar-refractivity contribution in [3.05, 3.63) is 18.0 Å². The van der Waals surface area contributed by atoms with Crippen LogP contribution in [0.5, 0.6) is 0 Å². The number of esters is 1. The highest BCUT2D eigenvalue weighted by Crippen LogP contribution is 2.64. The van der Waals surface area contributed by atoms with E-state index in [1.165, 1.54) is 12.6 Å². The van der Waals surface area contributed by atoms with Gasteiger partial charge in [-0.2, -0.15) is 10.4 Å². The molecule has 1 aromatic rings. The summed E-state index contributed by atoms with van der Waals surface area (Å²) in [6, 6.07) is 2.09. The molecular weight excluding hydrogens is 522 g/mol. The standard InChI is InChI=1S/C32H45N3O6/c1-20(2)29(37)39-13-14-40-30(38)41-31(3)11-9-23-22(15-31)5-6-25-24(23)10-12-32(4)26(25)7-8-27(32)28(36)19-35-18-21(16-33)17-34-35/h17-18,20,22-27H,5-15,19H2,1-4H3/t22-,23?,24-,25?,26+,27-,31-,32+/m1/s1. The van der Waals surface area contributed by atoms with Crippen LogP contribution in [0.25, 0.3) is 0 Å². The molecular formula is C32H45N3O6. The zero-order valence-electron chi connectivity index (χ0n) is 25.0. The van der Waals surface area contributed by atoms with Crippen molar-refractivity contribution in [2.75, 3.05) is 13.2 Å². The number of ether oxygens (including phenoxy) is 3. The van der Waals surface area contributed by atoms with Crippen LogP contribution in [0.3, 0.4) is 0 Å². The highest BCUT2D eigenvalue weighted by atomic mass is 16.7. The second kappa shape index (κ2) is 11.8. The summed E-state index contributed by atoms with van der Waals surface area (Å²) < 4.78 is 17.7. The number of fused-ring (bicyclic) bond motifs is 5. The molecule has 9 heteroatoms. The quantitative estimate of drug-likeness (QED) is 0.290. The smallest absolute Gasteiger partial charge is 0.462 e. The molecule has 0 aromatic carbocycles. The summed E-state index contributed by atoms with van der Waals surface area (Å²) >= 11 is 0. The third-order valence-electron chi connectivity index (χ3n) is 11.0. The maximum atomic E-state index is 13.4. The average molecular weight is 568 g/mol. The van der Waals surface area contributed by atoms with Gasteiger partial charge in [-0.25, -0.2) is 4.79 Å². The summed E-state index contributed by atoms with van der Waals surface area (Å²) in [4.78, 5) is 37.4. The first kappa shape index (κ1) is 29.6. The number of Topliss-reactive ketones (excluding diaryl/α,β-unsaturated/α-hetero) is 1. The molecule has 2 unspecified atom stereocenters. The fourth-order valence-corrected chi connectivity index (χ4v) is 9.13. The summed E-state index contributed by atoms with van der Waals surface area (Å²) in [5.74, 6) is 2.88. The minimum atomic E-state index is -0.686. The molecule has 0 amide bonds. The van der Waals surface area contributed by atoms with Gasteiger partial charge in [-0.05, 0) is 99.7 Å². The number of rotatable bonds is 8. The maximum Gasteiger partial charge on any atom is 0.508 e. The zero-order valence-corrected chi connectivity index (χ0v) is 25.0. The van der Waals surface area contributed by atoms with Gasteiger partial charge in [0.2, 0.25) is 0 Å². The molecule has 4 aliphatic carbocycles. The van der Waals surface area contributed by atoms with Crippen LogP contribution < -0.4 is 0 Å². The predicted molar refractivity (Wildman–Crippen MR) is 149 cm³/mol. The molecule has 0 aliphatic heterocycles. The summed E-state index contributed by atoms with van der Waals surface area (Å²) in [7, 11) is 0. The van der Waals surface area contributed by atoms with Gasteiger partial charge in [0.15, 0.2) is 5.78 Å². The maximum absolute atomic E-state index is 13.4. The molecule has 41 heavy (non-hydrogen) atoms. The predicted octanol–water partition coefficient (Wildman–Crippen LogP) is 5.70. The van der Waals surface area contributed by atoms with E-state index in [0.29, 0.717) is 35.2 Å². The summed E-state index contributed by atoms with van der Waals surface area (Å²) in [6.45, 7) is 8.19. The van der Waals surface area contributed by atoms with Gasteiger partial charge in [0.25, 0.3) is 0 Å². The van der Waals surface area contributed by atoms with Gasteiger partial charge in [-0.3, -0.25) is 14.3 Å². The number of hydrogen-bond acceptors (Lipinski definition) is 8. The number of carbonyl (C=O) groups is 3. The average Bonchev–Trinajstić information content (AvgIpc) is 3.53. The first-order valence-electron chi connectivity index (χ1n) is 15.5. The van der Waals surface area contributed by atoms with E-state index in [0.717, 1.165) is 51.4 Å². The van der Waals surface area contributed by atoms with Crippen molar-refractivity contribution in [3.8, 4) is 6.07 Å². The van der Waals surface area contributed by atoms with Crippen LogP contribution >= 0.6 is 0 Å². The Hall–Kier alpha value is -2.89. The molecule has 0 spiro atoms. The molecule has 4 saturated carbocycles. The highest BCUT2D eigenvalue weighted by Gasteiger charge is 2.59. The molecule has 4 fully saturated rings. The number of carbonyl (C=O) groups excluding carboxylic acids is 3. The Kier molecular flexibility index (Phi) is 8.50. The van der Waals surface area contributed by atoms with E-state index in [2.05, 4.69) is 18.1 Å². The fraction of sp³-hybridized carbons (Fsp3) is 0.781. The molecule has 1 aromatic heterocycles. The van der Waals surface area contributed by atoms with E-state index in [1.54, 1.807) is 24.7 Å². The van der Waals surface area contributed by atoms with E-state index in [4.69, 9.17) is 19.5 Å². The van der Waals surface area contributed by atoms with Crippen LogP contribution in [-0.2, 0) is 30.3 Å². The van der Waals surface area contributed by atoms with E-state index in [1.807, 2.05) is 6.92 Å². The molecule has 224 valence electrons. The van der Waals surface area contributed by atoms with Gasteiger partial charge < -0.3 is 14.2 Å². The van der Waals surface area contributed by atoms with Crippen LogP contribution in [0.15, 0.2) is 12.4 Å². The van der Waals surface area contributed by atoms with Gasteiger partial charge in [-0.1, -0.05) is 20.8 Å². The summed E-state index contributed by atoms with van der Waals surface area (Å²) in [5, 5.41) is 13.3. The minimum Gasteiger partial charge on any atom is -0.462 e. The first-order chi connectivity index (χ1) is 19.5. The Balaban J connectivity index is 1.14. The largest absolute Gasteiger partial charge is 0.508 e. The molecule has 8 atom stereocenters. The lowest BCUT2D eigenvalue weighted by atomic mass is 9.49. The molecule has 4 aliphatic rings. The number of nitrogens with zero attached hydrogens (tertiary/aromatic N) is 3. The van der Waals surface area contributed by atoms with Crippen molar-refractivity contribution in [1.29, 1.82) is 5.26 Å². The van der Waals surface area contributed by atoms with Crippen LogP contribution in [-0.4, -0.2) is 46.5 Å². The van der Waals surface area contributed by atoms with Gasteiger partial charge >= 0.3 is 12.1 Å². The Morgan fingerprint density at radius 2 is 1.78 bits per heavy atom. The molecule has 0 saturated heterocycles. The van der Waals surface area contributed by atoms with Gasteiger partial charge in [0, 0.05) is 12.1 Å². The third-order valence-corrected chi connectivity index (χ3v) is 11.0. The van der Waals surface area contributed by atoms with E-state index in [-0.39, 0.29) is 48.8 Å². The van der Waals surface area contributed by atoms with Crippen molar-refractivity contribution in [2.45, 2.75) is 97.6 Å². The van der Waals surface area contributed by atoms with Crippen molar-refractivity contribution >= 4 is 17.9 Å². The van der Waals surface area contributed by atoms with Crippen LogP contribution in [0.2, 0.25) is 0 Å². The Bertz CT molecular complexity index is 1190. The molecule has 9 nitrogen and oxygen atoms in total. The Morgan fingerprint density at radius 3 is 2.51 bits per heavy atom. The monoisotopic (exact) mass is 567 g/mol. The van der Waals surface area contributed by atoms with Crippen molar-refractivity contribution in [2.24, 2.45) is 46.8 Å². The summed E-state index contributed by atoms with van der Waals surface area (Å²) in [5.41, 5.74) is -0.0116. The van der Waals surface area contributed by atoms with Gasteiger partial charge in [0.1, 0.15) is 24.9 Å². The van der Waals surface area contributed by atoms with Crippen LogP contribution in [0.1, 0.15) is 91.0 Å². The Morgan fingerprint density at radius 1 is 1.02 bits per heavy atom. The number of aromatic nitrogens is 2. The lowest BCUT2D eigenvalue weighted by molar-refractivity contribution is -0.149. The lowest BCUT2D eigenvalue weighted by Gasteiger charge is -2.57. The van der Waals surface area contributed by atoms with Gasteiger partial charge in [-0.15, -0.1) is 0 Å². The Labute approximate surface area is 243 Å². The molecule has 1 heterocycles. The number of hydrogen-bond donors (Lipinski definition) is 0. The second-order valence-electron chi connectivity index (χ2n) is 13.8. The van der Waals surface area contributed by atoms with Gasteiger partial charge in [0.05, 0.1) is 24.2 Å².